The summed E-state index contributed by atoms with van der Waals surface area (Å²) in [6, 6.07) is 5.41. The first-order valence-electron chi connectivity index (χ1n) is 9.97. The van der Waals surface area contributed by atoms with Gasteiger partial charge in [0.25, 0.3) is 11.5 Å². The van der Waals surface area contributed by atoms with E-state index in [1.807, 2.05) is 0 Å². The van der Waals surface area contributed by atoms with E-state index in [-0.39, 0.29) is 36.0 Å². The lowest BCUT2D eigenvalue weighted by atomic mass is 10.0. The Kier molecular flexibility index (Phi) is 6.93. The zero-order valence-electron chi connectivity index (χ0n) is 17.1. The maximum absolute atomic E-state index is 12.3. The normalized spacial score (nSPS) is 15.6. The van der Waals surface area contributed by atoms with Crippen molar-refractivity contribution in [2.24, 2.45) is 0 Å². The Balaban J connectivity index is 1.54. The van der Waals surface area contributed by atoms with Crippen molar-refractivity contribution >= 4 is 35.3 Å². The maximum atomic E-state index is 12.3. The van der Waals surface area contributed by atoms with E-state index in [0.29, 0.717) is 30.9 Å². The topological polar surface area (TPSA) is 200 Å². The molecule has 12 heteroatoms. The number of H-pyrrole nitrogens is 1. The van der Waals surface area contributed by atoms with Gasteiger partial charge >= 0.3 is 11.9 Å². The average molecular weight is 444 g/mol. The first-order valence-corrected chi connectivity index (χ1v) is 9.97. The minimum absolute atomic E-state index is 0.0115. The van der Waals surface area contributed by atoms with Crippen molar-refractivity contribution < 1.29 is 24.6 Å². The third-order valence-electron chi connectivity index (χ3n) is 5.05. The van der Waals surface area contributed by atoms with Crippen molar-refractivity contribution in [2.75, 3.05) is 22.9 Å². The van der Waals surface area contributed by atoms with E-state index in [0.717, 1.165) is 5.56 Å². The molecule has 12 nitrogen and oxygen atoms in total. The molecule has 1 aliphatic rings. The number of nitrogens with one attached hydrogen (secondary N) is 4. The molecule has 0 fully saturated rings. The highest BCUT2D eigenvalue weighted by Gasteiger charge is 2.23. The molecule has 32 heavy (non-hydrogen) atoms. The number of nitrogens with two attached hydrogens (primary N) is 1. The standard InChI is InChI=1S/C20H24N6O6/c21-20-25-16-15(18(30)26-20)23-12(9-22-16)6-3-10-1-4-11(5-2-10)17(29)24-13(19(31)32)7-8-14(27)28/h1-2,4-5,12-13,23H,3,6-9H2,(H,24,29)(H,27,28)(H,31,32)(H4,21,22,25,26,30)/t12?,13-/m0/s1. The number of rotatable bonds is 9. The molecule has 0 aliphatic carbocycles. The predicted molar refractivity (Wildman–Crippen MR) is 116 cm³/mol. The predicted octanol–water partition coefficient (Wildman–Crippen LogP) is 0.239. The fourth-order valence-corrected chi connectivity index (χ4v) is 3.33. The van der Waals surface area contributed by atoms with Gasteiger partial charge in [0.15, 0.2) is 5.82 Å². The Labute approximate surface area is 182 Å². The number of aromatic nitrogens is 2. The van der Waals surface area contributed by atoms with Crippen LogP contribution >= 0.6 is 0 Å². The lowest BCUT2D eigenvalue weighted by Crippen LogP contribution is -2.41. The summed E-state index contributed by atoms with van der Waals surface area (Å²) in [6.45, 7) is 0.566. The SMILES string of the molecule is Nc1nc2c(c(=O)[nH]1)NC(CCc1ccc(C(=O)N[C@@H](CCC(=O)O)C(=O)O)cc1)CN2. The maximum Gasteiger partial charge on any atom is 0.326 e. The number of nitrogens with zero attached hydrogens (tertiary/aromatic N) is 1. The Morgan fingerprint density at radius 1 is 1.22 bits per heavy atom. The van der Waals surface area contributed by atoms with E-state index in [4.69, 9.17) is 15.9 Å². The third kappa shape index (κ3) is 5.74. The number of aliphatic carboxylic acids is 2. The van der Waals surface area contributed by atoms with Crippen molar-refractivity contribution in [1.29, 1.82) is 0 Å². The minimum atomic E-state index is -1.29. The van der Waals surface area contributed by atoms with Crippen LogP contribution in [0.2, 0.25) is 0 Å². The number of nitrogen functional groups attached to an aromatic ring is 1. The molecular weight excluding hydrogens is 420 g/mol. The van der Waals surface area contributed by atoms with Crippen LogP contribution in [0.4, 0.5) is 17.5 Å². The molecule has 170 valence electrons. The van der Waals surface area contributed by atoms with Crippen LogP contribution in [0, 0.1) is 0 Å². The molecule has 1 aromatic heterocycles. The lowest BCUT2D eigenvalue weighted by Gasteiger charge is -2.26. The molecule has 1 aromatic carbocycles. The van der Waals surface area contributed by atoms with Crippen molar-refractivity contribution in [3.8, 4) is 0 Å². The number of benzene rings is 1. The summed E-state index contributed by atoms with van der Waals surface area (Å²) in [5.74, 6) is -2.55. The van der Waals surface area contributed by atoms with Crippen LogP contribution < -0.4 is 27.2 Å². The van der Waals surface area contributed by atoms with Crippen molar-refractivity contribution in [1.82, 2.24) is 15.3 Å². The fraction of sp³-hybridized carbons (Fsp3) is 0.350. The molecular formula is C20H24N6O6. The van der Waals surface area contributed by atoms with E-state index in [1.165, 1.54) is 0 Å². The minimum Gasteiger partial charge on any atom is -0.481 e. The smallest absolute Gasteiger partial charge is 0.326 e. The zero-order chi connectivity index (χ0) is 23.3. The van der Waals surface area contributed by atoms with Gasteiger partial charge in [0.05, 0.1) is 0 Å². The van der Waals surface area contributed by atoms with Crippen LogP contribution in [-0.2, 0) is 16.0 Å². The number of fused-ring (bicyclic) bond motifs is 1. The molecule has 2 heterocycles. The van der Waals surface area contributed by atoms with Gasteiger partial charge in [-0.3, -0.25) is 19.4 Å². The highest BCUT2D eigenvalue weighted by molar-refractivity contribution is 5.96. The molecule has 1 aliphatic heterocycles. The Morgan fingerprint density at radius 3 is 2.59 bits per heavy atom. The number of carboxylic acid groups (broad SMARTS) is 2. The van der Waals surface area contributed by atoms with Crippen molar-refractivity contribution in [3.63, 3.8) is 0 Å². The molecule has 1 amide bonds. The number of aromatic amines is 1. The monoisotopic (exact) mass is 444 g/mol. The van der Waals surface area contributed by atoms with Crippen LogP contribution in [0.25, 0.3) is 0 Å². The van der Waals surface area contributed by atoms with Gasteiger partial charge < -0.3 is 31.9 Å². The molecule has 0 radical (unpaired) electrons. The molecule has 2 aromatic rings. The van der Waals surface area contributed by atoms with Gasteiger partial charge in [-0.05, 0) is 37.0 Å². The highest BCUT2D eigenvalue weighted by Crippen LogP contribution is 2.21. The summed E-state index contributed by atoms with van der Waals surface area (Å²) in [5, 5.41) is 26.5. The Morgan fingerprint density at radius 2 is 1.94 bits per heavy atom. The summed E-state index contributed by atoms with van der Waals surface area (Å²) in [6.07, 6.45) is 0.816. The quantitative estimate of drug-likeness (QED) is 0.281. The molecule has 0 bridgehead atoms. The fourth-order valence-electron chi connectivity index (χ4n) is 3.33. The third-order valence-corrected chi connectivity index (χ3v) is 5.05. The van der Waals surface area contributed by atoms with Gasteiger partial charge in [0, 0.05) is 24.6 Å². The zero-order valence-corrected chi connectivity index (χ0v) is 17.1. The second-order valence-corrected chi connectivity index (χ2v) is 7.43. The number of carbonyl (C=O) groups excluding carboxylic acids is 1. The Bertz CT molecular complexity index is 1070. The van der Waals surface area contributed by atoms with Crippen molar-refractivity contribution in [2.45, 2.75) is 37.8 Å². The van der Waals surface area contributed by atoms with Crippen LogP contribution in [0.1, 0.15) is 35.2 Å². The van der Waals surface area contributed by atoms with Gasteiger partial charge in [-0.2, -0.15) is 4.98 Å². The first-order chi connectivity index (χ1) is 15.2. The molecule has 1 unspecified atom stereocenters. The van der Waals surface area contributed by atoms with Crippen LogP contribution in [0.5, 0.6) is 0 Å². The van der Waals surface area contributed by atoms with Gasteiger partial charge in [-0.1, -0.05) is 12.1 Å². The first kappa shape index (κ1) is 22.6. The van der Waals surface area contributed by atoms with E-state index < -0.39 is 23.9 Å². The number of anilines is 3. The lowest BCUT2D eigenvalue weighted by molar-refractivity contribution is -0.140. The molecule has 3 rings (SSSR count). The van der Waals surface area contributed by atoms with Gasteiger partial charge in [0.2, 0.25) is 5.95 Å². The van der Waals surface area contributed by atoms with Crippen molar-refractivity contribution in [3.05, 3.63) is 45.7 Å². The number of carboxylic acids is 2. The molecule has 0 saturated carbocycles. The average Bonchev–Trinajstić information content (AvgIpc) is 2.75. The number of carbonyl (C=O) groups is 3. The summed E-state index contributed by atoms with van der Waals surface area (Å²) >= 11 is 0. The number of hydrogen-bond donors (Lipinski definition) is 7. The van der Waals surface area contributed by atoms with E-state index in [9.17, 15) is 19.2 Å². The van der Waals surface area contributed by atoms with Crippen LogP contribution in [-0.4, -0.2) is 56.7 Å². The largest absolute Gasteiger partial charge is 0.481 e. The van der Waals surface area contributed by atoms with Crippen LogP contribution in [0.15, 0.2) is 29.1 Å². The molecule has 2 atom stereocenters. The van der Waals surface area contributed by atoms with E-state index in [2.05, 4.69) is 25.9 Å². The summed E-state index contributed by atoms with van der Waals surface area (Å²) in [7, 11) is 0. The molecule has 0 saturated heterocycles. The Hall–Kier alpha value is -4.09. The van der Waals surface area contributed by atoms with Gasteiger partial charge in [-0.25, -0.2) is 4.79 Å². The van der Waals surface area contributed by atoms with Gasteiger partial charge in [-0.15, -0.1) is 0 Å². The molecule has 0 spiro atoms. The summed E-state index contributed by atoms with van der Waals surface area (Å²) in [4.78, 5) is 52.7. The van der Waals surface area contributed by atoms with Gasteiger partial charge in [0.1, 0.15) is 11.7 Å². The summed E-state index contributed by atoms with van der Waals surface area (Å²) in [5.41, 5.74) is 6.77. The molecule has 8 N–H and O–H groups in total. The van der Waals surface area contributed by atoms with E-state index in [1.54, 1.807) is 24.3 Å². The second kappa shape index (κ2) is 9.81. The van der Waals surface area contributed by atoms with E-state index >= 15 is 0 Å². The summed E-state index contributed by atoms with van der Waals surface area (Å²) < 4.78 is 0. The number of amides is 1. The van der Waals surface area contributed by atoms with Crippen LogP contribution in [0.3, 0.4) is 0 Å². The second-order valence-electron chi connectivity index (χ2n) is 7.43. The number of hydrogen-bond acceptors (Lipinski definition) is 8. The highest BCUT2D eigenvalue weighted by atomic mass is 16.4. The number of aryl methyl sites for hydroxylation is 1.